The van der Waals surface area contributed by atoms with E-state index in [0.29, 0.717) is 5.69 Å². The number of benzene rings is 1. The lowest BCUT2D eigenvalue weighted by Gasteiger charge is -2.05. The molecule has 0 aliphatic rings. The summed E-state index contributed by atoms with van der Waals surface area (Å²) in [4.78, 5) is 0. The third-order valence-corrected chi connectivity index (χ3v) is 2.76. The monoisotopic (exact) mass is 274 g/mol. The smallest absolute Gasteiger partial charge is 0.194 e. The number of halogens is 4. The fraction of sp³-hybridized carbons (Fsp3) is 0.250. The second kappa shape index (κ2) is 4.65. The molecule has 0 aliphatic heterocycles. The van der Waals surface area contributed by atoms with Gasteiger partial charge in [-0.2, -0.15) is 5.10 Å². The second-order valence-corrected chi connectivity index (χ2v) is 4.57. The van der Waals surface area contributed by atoms with Gasteiger partial charge in [-0.3, -0.25) is 0 Å². The standard InChI is InChI=1S/C12H10ClF3N2/c1-6(2)10-5-11(13)18(17-10)7-3-8(14)12(16)9(15)4-7/h3-6H,1-2H3. The molecule has 2 aromatic rings. The molecule has 96 valence electrons. The van der Waals surface area contributed by atoms with Crippen LogP contribution in [0.15, 0.2) is 18.2 Å². The third-order valence-electron chi connectivity index (χ3n) is 2.49. The van der Waals surface area contributed by atoms with Crippen molar-refractivity contribution >= 4 is 11.6 Å². The van der Waals surface area contributed by atoms with E-state index in [1.807, 2.05) is 13.8 Å². The zero-order valence-corrected chi connectivity index (χ0v) is 10.5. The van der Waals surface area contributed by atoms with Crippen LogP contribution in [0.3, 0.4) is 0 Å². The van der Waals surface area contributed by atoms with Gasteiger partial charge in [-0.25, -0.2) is 17.9 Å². The number of rotatable bonds is 2. The normalized spacial score (nSPS) is 11.3. The largest absolute Gasteiger partial charge is 0.222 e. The third kappa shape index (κ3) is 2.22. The predicted octanol–water partition coefficient (Wildman–Crippen LogP) is 4.07. The van der Waals surface area contributed by atoms with E-state index in [1.165, 1.54) is 4.68 Å². The van der Waals surface area contributed by atoms with Crippen LogP contribution in [-0.2, 0) is 0 Å². The number of nitrogens with zero attached hydrogens (tertiary/aromatic N) is 2. The molecule has 0 N–H and O–H groups in total. The molecule has 0 atom stereocenters. The Morgan fingerprint density at radius 1 is 1.11 bits per heavy atom. The van der Waals surface area contributed by atoms with Crippen molar-refractivity contribution in [2.45, 2.75) is 19.8 Å². The summed E-state index contributed by atoms with van der Waals surface area (Å²) in [5.41, 5.74) is 0.730. The van der Waals surface area contributed by atoms with E-state index < -0.39 is 17.5 Å². The van der Waals surface area contributed by atoms with Crippen molar-refractivity contribution in [3.8, 4) is 5.69 Å². The maximum atomic E-state index is 13.1. The summed E-state index contributed by atoms with van der Waals surface area (Å²) in [6, 6.07) is 3.30. The fourth-order valence-corrected chi connectivity index (χ4v) is 1.75. The summed E-state index contributed by atoms with van der Waals surface area (Å²) in [5.74, 6) is -3.93. The molecule has 1 aromatic heterocycles. The quantitative estimate of drug-likeness (QED) is 0.755. The van der Waals surface area contributed by atoms with Crippen molar-refractivity contribution < 1.29 is 13.2 Å². The fourth-order valence-electron chi connectivity index (χ4n) is 1.50. The Kier molecular flexibility index (Phi) is 3.34. The molecule has 0 saturated heterocycles. The van der Waals surface area contributed by atoms with Gasteiger partial charge < -0.3 is 0 Å². The molecule has 0 radical (unpaired) electrons. The van der Waals surface area contributed by atoms with Gasteiger partial charge in [-0.15, -0.1) is 0 Å². The molecule has 2 rings (SSSR count). The first-order valence-electron chi connectivity index (χ1n) is 5.30. The number of hydrogen-bond donors (Lipinski definition) is 0. The minimum Gasteiger partial charge on any atom is -0.222 e. The van der Waals surface area contributed by atoms with Crippen LogP contribution in [0.4, 0.5) is 13.2 Å². The Balaban J connectivity index is 2.55. The predicted molar refractivity (Wildman–Crippen MR) is 62.5 cm³/mol. The van der Waals surface area contributed by atoms with Crippen LogP contribution in [0.1, 0.15) is 25.5 Å². The van der Waals surface area contributed by atoms with E-state index in [-0.39, 0.29) is 16.8 Å². The molecule has 0 saturated carbocycles. The van der Waals surface area contributed by atoms with E-state index in [1.54, 1.807) is 6.07 Å². The lowest BCUT2D eigenvalue weighted by molar-refractivity contribution is 0.446. The average molecular weight is 275 g/mol. The van der Waals surface area contributed by atoms with Crippen molar-refractivity contribution in [3.05, 3.63) is 46.5 Å². The molecule has 0 aliphatic carbocycles. The van der Waals surface area contributed by atoms with Crippen molar-refractivity contribution in [2.75, 3.05) is 0 Å². The molecule has 0 spiro atoms. The summed E-state index contributed by atoms with van der Waals surface area (Å²) < 4.78 is 40.3. The molecule has 0 unspecified atom stereocenters. The Bertz CT molecular complexity index is 570. The van der Waals surface area contributed by atoms with Crippen LogP contribution in [-0.4, -0.2) is 9.78 Å². The van der Waals surface area contributed by atoms with E-state index in [0.717, 1.165) is 12.1 Å². The Hall–Kier alpha value is -1.49. The second-order valence-electron chi connectivity index (χ2n) is 4.18. The topological polar surface area (TPSA) is 17.8 Å². The maximum Gasteiger partial charge on any atom is 0.194 e. The van der Waals surface area contributed by atoms with Gasteiger partial charge in [0, 0.05) is 12.1 Å². The van der Waals surface area contributed by atoms with Gasteiger partial charge >= 0.3 is 0 Å². The van der Waals surface area contributed by atoms with Gasteiger partial charge in [0.25, 0.3) is 0 Å². The van der Waals surface area contributed by atoms with Crippen LogP contribution in [0, 0.1) is 17.5 Å². The zero-order chi connectivity index (χ0) is 13.4. The summed E-state index contributed by atoms with van der Waals surface area (Å²) in [5, 5.41) is 4.33. The van der Waals surface area contributed by atoms with Gasteiger partial charge in [-0.1, -0.05) is 25.4 Å². The molecule has 1 heterocycles. The average Bonchev–Trinajstić information content (AvgIpc) is 2.68. The SMILES string of the molecule is CC(C)c1cc(Cl)n(-c2cc(F)c(F)c(F)c2)n1. The lowest BCUT2D eigenvalue weighted by atomic mass is 10.1. The first kappa shape index (κ1) is 13.0. The molecule has 0 bridgehead atoms. The number of aromatic nitrogens is 2. The van der Waals surface area contributed by atoms with Crippen molar-refractivity contribution in [3.63, 3.8) is 0 Å². The first-order chi connectivity index (χ1) is 8.40. The number of hydrogen-bond acceptors (Lipinski definition) is 1. The molecule has 1 aromatic carbocycles. The van der Waals surface area contributed by atoms with Crippen LogP contribution in [0.25, 0.3) is 5.69 Å². The van der Waals surface area contributed by atoms with Gasteiger partial charge in [0.2, 0.25) is 0 Å². The molecular weight excluding hydrogens is 265 g/mol. The Labute approximate surface area is 107 Å². The molecule has 0 fully saturated rings. The van der Waals surface area contributed by atoms with E-state index in [2.05, 4.69) is 5.10 Å². The minimum atomic E-state index is -1.51. The molecule has 0 amide bonds. The minimum absolute atomic E-state index is 0.0447. The Morgan fingerprint density at radius 2 is 1.67 bits per heavy atom. The van der Waals surface area contributed by atoms with Crippen LogP contribution >= 0.6 is 11.6 Å². The van der Waals surface area contributed by atoms with Crippen LogP contribution in [0.2, 0.25) is 5.15 Å². The van der Waals surface area contributed by atoms with Gasteiger partial charge in [-0.05, 0) is 12.0 Å². The summed E-state index contributed by atoms with van der Waals surface area (Å²) in [6.45, 7) is 3.82. The van der Waals surface area contributed by atoms with Crippen LogP contribution in [0.5, 0.6) is 0 Å². The van der Waals surface area contributed by atoms with E-state index in [4.69, 9.17) is 11.6 Å². The highest BCUT2D eigenvalue weighted by molar-refractivity contribution is 6.29. The maximum absolute atomic E-state index is 13.1. The highest BCUT2D eigenvalue weighted by atomic mass is 35.5. The highest BCUT2D eigenvalue weighted by Gasteiger charge is 2.15. The van der Waals surface area contributed by atoms with E-state index in [9.17, 15) is 13.2 Å². The van der Waals surface area contributed by atoms with Gasteiger partial charge in [0.1, 0.15) is 5.15 Å². The van der Waals surface area contributed by atoms with E-state index >= 15 is 0 Å². The van der Waals surface area contributed by atoms with Crippen molar-refractivity contribution in [2.24, 2.45) is 0 Å². The van der Waals surface area contributed by atoms with Crippen LogP contribution < -0.4 is 0 Å². The summed E-state index contributed by atoms with van der Waals surface area (Å²) in [7, 11) is 0. The summed E-state index contributed by atoms with van der Waals surface area (Å²) in [6.07, 6.45) is 0. The molecule has 6 heteroatoms. The Morgan fingerprint density at radius 3 is 2.11 bits per heavy atom. The van der Waals surface area contributed by atoms with Crippen molar-refractivity contribution in [1.82, 2.24) is 9.78 Å². The molecular formula is C12H10ClF3N2. The molecule has 2 nitrogen and oxygen atoms in total. The molecule has 18 heavy (non-hydrogen) atoms. The van der Waals surface area contributed by atoms with Crippen molar-refractivity contribution in [1.29, 1.82) is 0 Å². The lowest BCUT2D eigenvalue weighted by Crippen LogP contribution is -2.02. The van der Waals surface area contributed by atoms with Gasteiger partial charge in [0.15, 0.2) is 17.5 Å². The highest BCUT2D eigenvalue weighted by Crippen LogP contribution is 2.23. The summed E-state index contributed by atoms with van der Waals surface area (Å²) >= 11 is 5.93. The first-order valence-corrected chi connectivity index (χ1v) is 5.68. The van der Waals surface area contributed by atoms with Gasteiger partial charge in [0.05, 0.1) is 11.4 Å². The zero-order valence-electron chi connectivity index (χ0n) is 9.72.